The van der Waals surface area contributed by atoms with E-state index in [4.69, 9.17) is 4.74 Å². The highest BCUT2D eigenvalue weighted by Gasteiger charge is 2.13. The maximum Gasteiger partial charge on any atom is 0.251 e. The maximum atomic E-state index is 11.8. The van der Waals surface area contributed by atoms with Crippen molar-refractivity contribution in [1.82, 2.24) is 10.6 Å². The van der Waals surface area contributed by atoms with Crippen LogP contribution in [0.5, 0.6) is 5.75 Å². The van der Waals surface area contributed by atoms with Crippen molar-refractivity contribution in [2.75, 3.05) is 19.7 Å². The molecule has 110 valence electrons. The standard InChI is InChI=1S/C16H24N2O2/c1-12(2)18-16(19)14-5-7-15(8-6-14)20-11-13-4-3-9-17-10-13/h5-8,12-13,17H,3-4,9-11H2,1-2H3,(H,18,19)/t13-/m1/s1. The van der Waals surface area contributed by atoms with E-state index < -0.39 is 0 Å². The van der Waals surface area contributed by atoms with Crippen molar-refractivity contribution in [1.29, 1.82) is 0 Å². The van der Waals surface area contributed by atoms with Crippen molar-refractivity contribution in [2.45, 2.75) is 32.7 Å². The molecule has 0 unspecified atom stereocenters. The molecular weight excluding hydrogens is 252 g/mol. The summed E-state index contributed by atoms with van der Waals surface area (Å²) >= 11 is 0. The van der Waals surface area contributed by atoms with Crippen molar-refractivity contribution < 1.29 is 9.53 Å². The van der Waals surface area contributed by atoms with Gasteiger partial charge in [0.25, 0.3) is 5.91 Å². The second kappa shape index (κ2) is 7.29. The lowest BCUT2D eigenvalue weighted by molar-refractivity contribution is 0.0943. The van der Waals surface area contributed by atoms with E-state index in [1.54, 1.807) is 0 Å². The molecule has 1 saturated heterocycles. The molecule has 2 rings (SSSR count). The van der Waals surface area contributed by atoms with Crippen LogP contribution in [0.2, 0.25) is 0 Å². The van der Waals surface area contributed by atoms with Gasteiger partial charge in [-0.1, -0.05) is 0 Å². The highest BCUT2D eigenvalue weighted by molar-refractivity contribution is 5.94. The molecular formula is C16H24N2O2. The van der Waals surface area contributed by atoms with Crippen LogP contribution in [-0.2, 0) is 0 Å². The van der Waals surface area contributed by atoms with Crippen LogP contribution in [0.4, 0.5) is 0 Å². The minimum atomic E-state index is -0.0389. The highest BCUT2D eigenvalue weighted by atomic mass is 16.5. The van der Waals surface area contributed by atoms with Crippen LogP contribution in [0.15, 0.2) is 24.3 Å². The number of hydrogen-bond acceptors (Lipinski definition) is 3. The third-order valence-corrected chi connectivity index (χ3v) is 3.42. The van der Waals surface area contributed by atoms with Gasteiger partial charge in [0, 0.05) is 24.1 Å². The molecule has 1 aliphatic heterocycles. The molecule has 0 spiro atoms. The van der Waals surface area contributed by atoms with E-state index >= 15 is 0 Å². The molecule has 1 amide bonds. The zero-order chi connectivity index (χ0) is 14.4. The molecule has 0 saturated carbocycles. The summed E-state index contributed by atoms with van der Waals surface area (Å²) in [5.41, 5.74) is 0.672. The summed E-state index contributed by atoms with van der Waals surface area (Å²) in [7, 11) is 0. The average molecular weight is 276 g/mol. The van der Waals surface area contributed by atoms with Gasteiger partial charge in [0.1, 0.15) is 5.75 Å². The fourth-order valence-corrected chi connectivity index (χ4v) is 2.33. The van der Waals surface area contributed by atoms with E-state index in [0.29, 0.717) is 11.5 Å². The van der Waals surface area contributed by atoms with Crippen LogP contribution in [0.1, 0.15) is 37.0 Å². The lowest BCUT2D eigenvalue weighted by Gasteiger charge is -2.22. The minimum Gasteiger partial charge on any atom is -0.493 e. The van der Waals surface area contributed by atoms with E-state index in [0.717, 1.165) is 25.4 Å². The van der Waals surface area contributed by atoms with Crippen LogP contribution in [0.25, 0.3) is 0 Å². The molecule has 0 radical (unpaired) electrons. The van der Waals surface area contributed by atoms with Gasteiger partial charge in [-0.25, -0.2) is 0 Å². The molecule has 1 aromatic rings. The predicted molar refractivity (Wildman–Crippen MR) is 80.1 cm³/mol. The summed E-state index contributed by atoms with van der Waals surface area (Å²) in [6.45, 7) is 6.80. The first-order valence-electron chi connectivity index (χ1n) is 7.39. The minimum absolute atomic E-state index is 0.0389. The lowest BCUT2D eigenvalue weighted by Crippen LogP contribution is -2.33. The van der Waals surface area contributed by atoms with Crippen molar-refractivity contribution in [3.63, 3.8) is 0 Å². The Morgan fingerprint density at radius 1 is 1.40 bits per heavy atom. The number of carbonyl (C=O) groups is 1. The quantitative estimate of drug-likeness (QED) is 0.867. The van der Waals surface area contributed by atoms with E-state index in [1.165, 1.54) is 12.8 Å². The predicted octanol–water partition coefficient (Wildman–Crippen LogP) is 2.20. The molecule has 4 nitrogen and oxygen atoms in total. The molecule has 0 aliphatic carbocycles. The fraction of sp³-hybridized carbons (Fsp3) is 0.562. The van der Waals surface area contributed by atoms with Gasteiger partial charge in [0.2, 0.25) is 0 Å². The van der Waals surface area contributed by atoms with Crippen molar-refractivity contribution in [2.24, 2.45) is 5.92 Å². The molecule has 1 aliphatic rings. The van der Waals surface area contributed by atoms with E-state index in [9.17, 15) is 4.79 Å². The number of carbonyl (C=O) groups excluding carboxylic acids is 1. The molecule has 20 heavy (non-hydrogen) atoms. The number of rotatable bonds is 5. The first-order valence-corrected chi connectivity index (χ1v) is 7.39. The Kier molecular flexibility index (Phi) is 5.41. The van der Waals surface area contributed by atoms with Gasteiger partial charge in [0.05, 0.1) is 6.61 Å². The average Bonchev–Trinajstić information content (AvgIpc) is 2.46. The fourth-order valence-electron chi connectivity index (χ4n) is 2.33. The second-order valence-corrected chi connectivity index (χ2v) is 5.68. The summed E-state index contributed by atoms with van der Waals surface area (Å²) in [5.74, 6) is 1.38. The molecule has 0 bridgehead atoms. The van der Waals surface area contributed by atoms with Crippen LogP contribution >= 0.6 is 0 Å². The summed E-state index contributed by atoms with van der Waals surface area (Å²) < 4.78 is 5.79. The van der Waals surface area contributed by atoms with Gasteiger partial charge in [-0.2, -0.15) is 0 Å². The number of nitrogens with one attached hydrogen (secondary N) is 2. The van der Waals surface area contributed by atoms with Gasteiger partial charge in [-0.05, 0) is 57.5 Å². The van der Waals surface area contributed by atoms with Gasteiger partial charge in [-0.15, -0.1) is 0 Å². The normalized spacial score (nSPS) is 18.9. The van der Waals surface area contributed by atoms with Crippen LogP contribution in [-0.4, -0.2) is 31.6 Å². The van der Waals surface area contributed by atoms with Crippen molar-refractivity contribution in [3.8, 4) is 5.75 Å². The third-order valence-electron chi connectivity index (χ3n) is 3.42. The van der Waals surface area contributed by atoms with E-state index in [2.05, 4.69) is 10.6 Å². The number of hydrogen-bond donors (Lipinski definition) is 2. The zero-order valence-corrected chi connectivity index (χ0v) is 12.3. The Balaban J connectivity index is 1.83. The first kappa shape index (κ1) is 14.9. The SMILES string of the molecule is CC(C)NC(=O)c1ccc(OC[C@@H]2CCCNC2)cc1. The molecule has 2 N–H and O–H groups in total. The molecule has 4 heteroatoms. The topological polar surface area (TPSA) is 50.4 Å². The Bertz CT molecular complexity index is 423. The third kappa shape index (κ3) is 4.53. The number of ether oxygens (including phenoxy) is 1. The van der Waals surface area contributed by atoms with E-state index in [-0.39, 0.29) is 11.9 Å². The molecule has 1 aromatic carbocycles. The number of amides is 1. The van der Waals surface area contributed by atoms with Crippen LogP contribution in [0.3, 0.4) is 0 Å². The highest BCUT2D eigenvalue weighted by Crippen LogP contribution is 2.16. The maximum absolute atomic E-state index is 11.8. The van der Waals surface area contributed by atoms with Crippen LogP contribution in [0, 0.1) is 5.92 Å². The Morgan fingerprint density at radius 3 is 2.75 bits per heavy atom. The second-order valence-electron chi connectivity index (χ2n) is 5.68. The summed E-state index contributed by atoms with van der Waals surface area (Å²) in [6, 6.07) is 7.51. The number of benzene rings is 1. The molecule has 1 fully saturated rings. The summed E-state index contributed by atoms with van der Waals surface area (Å²) in [5, 5.41) is 6.25. The van der Waals surface area contributed by atoms with Crippen molar-refractivity contribution >= 4 is 5.91 Å². The largest absolute Gasteiger partial charge is 0.493 e. The number of piperidine rings is 1. The van der Waals surface area contributed by atoms with Gasteiger partial charge < -0.3 is 15.4 Å². The Hall–Kier alpha value is -1.55. The van der Waals surface area contributed by atoms with Crippen molar-refractivity contribution in [3.05, 3.63) is 29.8 Å². The van der Waals surface area contributed by atoms with Gasteiger partial charge >= 0.3 is 0 Å². The molecule has 0 aromatic heterocycles. The zero-order valence-electron chi connectivity index (χ0n) is 12.3. The molecule has 1 heterocycles. The van der Waals surface area contributed by atoms with E-state index in [1.807, 2.05) is 38.1 Å². The Labute approximate surface area is 120 Å². The van der Waals surface area contributed by atoms with Gasteiger partial charge in [0.15, 0.2) is 0 Å². The Morgan fingerprint density at radius 2 is 2.15 bits per heavy atom. The first-order chi connectivity index (χ1) is 9.65. The summed E-state index contributed by atoms with van der Waals surface area (Å²) in [6.07, 6.45) is 2.45. The molecule has 1 atom stereocenters. The monoisotopic (exact) mass is 276 g/mol. The van der Waals surface area contributed by atoms with Crippen LogP contribution < -0.4 is 15.4 Å². The smallest absolute Gasteiger partial charge is 0.251 e. The van der Waals surface area contributed by atoms with Gasteiger partial charge in [-0.3, -0.25) is 4.79 Å². The summed E-state index contributed by atoms with van der Waals surface area (Å²) in [4.78, 5) is 11.8. The lowest BCUT2D eigenvalue weighted by atomic mass is 10.0.